The highest BCUT2D eigenvalue weighted by Gasteiger charge is 2.24. The molecule has 7 heteroatoms. The predicted octanol–water partition coefficient (Wildman–Crippen LogP) is 4.93. The Bertz CT molecular complexity index is 739. The lowest BCUT2D eigenvalue weighted by Gasteiger charge is -2.04. The van der Waals surface area contributed by atoms with Gasteiger partial charge in [0.2, 0.25) is 5.82 Å². The molecule has 2 aromatic rings. The molecule has 2 rings (SSSR count). The van der Waals surface area contributed by atoms with Crippen LogP contribution in [-0.2, 0) is 0 Å². The molecule has 0 spiro atoms. The lowest BCUT2D eigenvalue weighted by atomic mass is 10.1. The van der Waals surface area contributed by atoms with Gasteiger partial charge in [-0.05, 0) is 36.4 Å². The average Bonchev–Trinajstić information content (AvgIpc) is 2.51. The number of hydrogen-bond donors (Lipinski definition) is 0. The largest absolute Gasteiger partial charge is 0.289 e. The molecular formula is C15H6ClF5O. The van der Waals surface area contributed by atoms with Crippen LogP contribution in [0.3, 0.4) is 0 Å². The first kappa shape index (κ1) is 16.2. The number of allylic oxidation sites excluding steroid dienone is 1. The highest BCUT2D eigenvalue weighted by Crippen LogP contribution is 2.24. The summed E-state index contributed by atoms with van der Waals surface area (Å²) in [6.45, 7) is 0. The third-order valence-electron chi connectivity index (χ3n) is 2.77. The minimum absolute atomic E-state index is 0.143. The van der Waals surface area contributed by atoms with E-state index in [1.54, 1.807) is 0 Å². The van der Waals surface area contributed by atoms with Crippen molar-refractivity contribution in [2.45, 2.75) is 0 Å². The Morgan fingerprint density at radius 3 is 1.77 bits per heavy atom. The zero-order valence-electron chi connectivity index (χ0n) is 10.6. The van der Waals surface area contributed by atoms with Crippen molar-refractivity contribution in [1.29, 1.82) is 0 Å². The minimum Gasteiger partial charge on any atom is -0.289 e. The van der Waals surface area contributed by atoms with E-state index in [0.717, 1.165) is 0 Å². The van der Waals surface area contributed by atoms with Crippen molar-refractivity contribution in [3.63, 3.8) is 0 Å². The highest BCUT2D eigenvalue weighted by atomic mass is 35.5. The molecule has 0 saturated carbocycles. The molecule has 0 atom stereocenters. The molecular weight excluding hydrogens is 327 g/mol. The summed E-state index contributed by atoms with van der Waals surface area (Å²) < 4.78 is 65.7. The second kappa shape index (κ2) is 6.27. The highest BCUT2D eigenvalue weighted by molar-refractivity contribution is 6.30. The SMILES string of the molecule is O=C(/C=C/c1c(F)c(F)c(F)c(F)c1F)c1ccc(Cl)cc1. The third kappa shape index (κ3) is 3.01. The number of carbonyl (C=O) groups excluding carboxylic acids is 1. The summed E-state index contributed by atoms with van der Waals surface area (Å²) in [5.74, 6) is -11.1. The Hall–Kier alpha value is -2.21. The van der Waals surface area contributed by atoms with Gasteiger partial charge in [0.15, 0.2) is 29.1 Å². The lowest BCUT2D eigenvalue weighted by molar-refractivity contribution is 0.104. The van der Waals surface area contributed by atoms with E-state index in [9.17, 15) is 26.7 Å². The molecule has 0 aliphatic carbocycles. The predicted molar refractivity (Wildman–Crippen MR) is 71.0 cm³/mol. The maximum atomic E-state index is 13.4. The smallest absolute Gasteiger partial charge is 0.200 e. The standard InChI is InChI=1S/C15H6ClF5O/c16-8-3-1-7(2-4-8)10(22)6-5-9-11(17)13(19)15(21)14(20)12(9)18/h1-6H/b6-5+. The van der Waals surface area contributed by atoms with Crippen LogP contribution in [0.15, 0.2) is 30.3 Å². The second-order valence-electron chi connectivity index (χ2n) is 4.19. The average molecular weight is 333 g/mol. The van der Waals surface area contributed by atoms with E-state index >= 15 is 0 Å². The zero-order chi connectivity index (χ0) is 16.4. The zero-order valence-corrected chi connectivity index (χ0v) is 11.4. The lowest BCUT2D eigenvalue weighted by Crippen LogP contribution is -2.04. The van der Waals surface area contributed by atoms with Crippen molar-refractivity contribution in [2.24, 2.45) is 0 Å². The van der Waals surface area contributed by atoms with Gasteiger partial charge in [0, 0.05) is 10.6 Å². The van der Waals surface area contributed by atoms with Crippen molar-refractivity contribution in [3.05, 3.63) is 75.6 Å². The monoisotopic (exact) mass is 332 g/mol. The molecule has 114 valence electrons. The van der Waals surface area contributed by atoms with Crippen LogP contribution in [-0.4, -0.2) is 5.78 Å². The van der Waals surface area contributed by atoms with Gasteiger partial charge in [-0.15, -0.1) is 0 Å². The van der Waals surface area contributed by atoms with Gasteiger partial charge in [0.05, 0.1) is 5.56 Å². The summed E-state index contributed by atoms with van der Waals surface area (Å²) in [5.41, 5.74) is -1.04. The first-order valence-electron chi connectivity index (χ1n) is 5.82. The van der Waals surface area contributed by atoms with E-state index < -0.39 is 40.4 Å². The van der Waals surface area contributed by atoms with Crippen LogP contribution in [0.4, 0.5) is 22.0 Å². The van der Waals surface area contributed by atoms with Crippen LogP contribution < -0.4 is 0 Å². The maximum absolute atomic E-state index is 13.4. The molecule has 0 unspecified atom stereocenters. The first-order valence-corrected chi connectivity index (χ1v) is 6.20. The molecule has 22 heavy (non-hydrogen) atoms. The van der Waals surface area contributed by atoms with Gasteiger partial charge in [0.1, 0.15) is 0 Å². The van der Waals surface area contributed by atoms with Gasteiger partial charge in [0.25, 0.3) is 0 Å². The quantitative estimate of drug-likeness (QED) is 0.256. The van der Waals surface area contributed by atoms with Crippen LogP contribution >= 0.6 is 11.6 Å². The van der Waals surface area contributed by atoms with Crippen molar-refractivity contribution >= 4 is 23.5 Å². The third-order valence-corrected chi connectivity index (χ3v) is 3.03. The Kier molecular flexibility index (Phi) is 4.61. The van der Waals surface area contributed by atoms with E-state index in [4.69, 9.17) is 11.6 Å². The van der Waals surface area contributed by atoms with Gasteiger partial charge in [-0.3, -0.25) is 4.79 Å². The van der Waals surface area contributed by atoms with Crippen LogP contribution in [0.25, 0.3) is 6.08 Å². The number of hydrogen-bond acceptors (Lipinski definition) is 1. The molecule has 0 saturated heterocycles. The molecule has 0 radical (unpaired) electrons. The summed E-state index contributed by atoms with van der Waals surface area (Å²) in [6, 6.07) is 5.54. The number of halogens is 6. The van der Waals surface area contributed by atoms with E-state index in [1.165, 1.54) is 24.3 Å². The van der Waals surface area contributed by atoms with Crippen LogP contribution in [0, 0.1) is 29.1 Å². The van der Waals surface area contributed by atoms with E-state index in [-0.39, 0.29) is 5.56 Å². The fourth-order valence-corrected chi connectivity index (χ4v) is 1.76. The molecule has 0 N–H and O–H groups in total. The molecule has 0 fully saturated rings. The number of rotatable bonds is 3. The minimum atomic E-state index is -2.25. The van der Waals surface area contributed by atoms with Gasteiger partial charge < -0.3 is 0 Å². The van der Waals surface area contributed by atoms with Crippen molar-refractivity contribution in [1.82, 2.24) is 0 Å². The fraction of sp³-hybridized carbons (Fsp3) is 0. The molecule has 1 nitrogen and oxygen atoms in total. The number of carbonyl (C=O) groups is 1. The van der Waals surface area contributed by atoms with Crippen molar-refractivity contribution in [3.8, 4) is 0 Å². The Balaban J connectivity index is 2.38. The molecule has 0 amide bonds. The summed E-state index contributed by atoms with van der Waals surface area (Å²) in [4.78, 5) is 11.8. The summed E-state index contributed by atoms with van der Waals surface area (Å²) in [5, 5.41) is 0.375. The molecule has 0 heterocycles. The fourth-order valence-electron chi connectivity index (χ4n) is 1.64. The number of ketones is 1. The van der Waals surface area contributed by atoms with E-state index in [2.05, 4.69) is 0 Å². The van der Waals surface area contributed by atoms with E-state index in [1.807, 2.05) is 0 Å². The topological polar surface area (TPSA) is 17.1 Å². The van der Waals surface area contributed by atoms with E-state index in [0.29, 0.717) is 17.2 Å². The summed E-state index contributed by atoms with van der Waals surface area (Å²) >= 11 is 5.63. The first-order chi connectivity index (χ1) is 10.3. The van der Waals surface area contributed by atoms with Gasteiger partial charge >= 0.3 is 0 Å². The van der Waals surface area contributed by atoms with Crippen LogP contribution in [0.2, 0.25) is 5.02 Å². The van der Waals surface area contributed by atoms with Crippen LogP contribution in [0.1, 0.15) is 15.9 Å². The van der Waals surface area contributed by atoms with Crippen LogP contribution in [0.5, 0.6) is 0 Å². The van der Waals surface area contributed by atoms with Gasteiger partial charge in [-0.1, -0.05) is 11.6 Å². The molecule has 0 aliphatic rings. The van der Waals surface area contributed by atoms with Gasteiger partial charge in [-0.25, -0.2) is 22.0 Å². The molecule has 0 bridgehead atoms. The summed E-state index contributed by atoms with van der Waals surface area (Å²) in [6.07, 6.45) is 1.24. The molecule has 2 aromatic carbocycles. The maximum Gasteiger partial charge on any atom is 0.200 e. The molecule has 0 aromatic heterocycles. The Morgan fingerprint density at radius 1 is 0.818 bits per heavy atom. The normalized spacial score (nSPS) is 11.2. The summed E-state index contributed by atoms with van der Waals surface area (Å²) in [7, 11) is 0. The van der Waals surface area contributed by atoms with Gasteiger partial charge in [-0.2, -0.15) is 0 Å². The Morgan fingerprint density at radius 2 is 1.27 bits per heavy atom. The Labute approximate surface area is 126 Å². The van der Waals surface area contributed by atoms with Crippen molar-refractivity contribution < 1.29 is 26.7 Å². The van der Waals surface area contributed by atoms with Crippen molar-refractivity contribution in [2.75, 3.05) is 0 Å². The molecule has 0 aliphatic heterocycles. The number of benzene rings is 2. The second-order valence-corrected chi connectivity index (χ2v) is 4.62.